The Bertz CT molecular complexity index is 1380. The summed E-state index contributed by atoms with van der Waals surface area (Å²) in [6, 6.07) is 3.83. The van der Waals surface area contributed by atoms with Gasteiger partial charge in [0.15, 0.2) is 18.4 Å². The Balaban J connectivity index is 1.34. The summed E-state index contributed by atoms with van der Waals surface area (Å²) in [6.45, 7) is 7.26. The van der Waals surface area contributed by atoms with E-state index in [0.29, 0.717) is 37.9 Å². The molecule has 1 aliphatic carbocycles. The highest BCUT2D eigenvalue weighted by molar-refractivity contribution is 5.91. The van der Waals surface area contributed by atoms with Gasteiger partial charge < -0.3 is 34.3 Å². The van der Waals surface area contributed by atoms with E-state index in [1.807, 2.05) is 33.0 Å². The lowest BCUT2D eigenvalue weighted by Crippen LogP contribution is -2.33. The first kappa shape index (κ1) is 29.6. The lowest BCUT2D eigenvalue weighted by Gasteiger charge is -2.15. The summed E-state index contributed by atoms with van der Waals surface area (Å²) in [5.74, 6) is 1.15. The molecule has 1 unspecified atom stereocenters. The topological polar surface area (TPSA) is 153 Å². The fraction of sp³-hybridized carbons (Fsp3) is 0.607. The van der Waals surface area contributed by atoms with Gasteiger partial charge in [-0.05, 0) is 52.5 Å². The van der Waals surface area contributed by atoms with E-state index in [1.165, 1.54) is 0 Å². The van der Waals surface area contributed by atoms with Crippen molar-refractivity contribution in [2.45, 2.75) is 84.0 Å². The molecule has 5 rings (SSSR count). The van der Waals surface area contributed by atoms with E-state index in [1.54, 1.807) is 22.5 Å². The van der Waals surface area contributed by atoms with Crippen molar-refractivity contribution >= 4 is 34.8 Å². The van der Waals surface area contributed by atoms with E-state index in [-0.39, 0.29) is 37.5 Å². The maximum Gasteiger partial charge on any atom is 0.510 e. The van der Waals surface area contributed by atoms with Crippen molar-refractivity contribution in [3.05, 3.63) is 29.7 Å². The molecule has 0 aromatic carbocycles. The van der Waals surface area contributed by atoms with Crippen LogP contribution in [-0.4, -0.2) is 74.9 Å². The molecule has 1 aliphatic heterocycles. The Labute approximate surface area is 244 Å². The van der Waals surface area contributed by atoms with E-state index in [9.17, 15) is 9.59 Å². The van der Waals surface area contributed by atoms with Gasteiger partial charge in [-0.1, -0.05) is 0 Å². The van der Waals surface area contributed by atoms with Crippen LogP contribution in [0, 0.1) is 0 Å². The molecule has 3 atom stereocenters. The van der Waals surface area contributed by atoms with Crippen LogP contribution >= 0.6 is 0 Å². The van der Waals surface area contributed by atoms with Gasteiger partial charge in [-0.25, -0.2) is 19.3 Å². The zero-order valence-corrected chi connectivity index (χ0v) is 24.5. The smallest absolute Gasteiger partial charge is 0.446 e. The zero-order chi connectivity index (χ0) is 29.6. The third-order valence-corrected chi connectivity index (χ3v) is 7.28. The molecular formula is C28H39N7O7. The van der Waals surface area contributed by atoms with Crippen LogP contribution in [0.4, 0.5) is 21.2 Å². The van der Waals surface area contributed by atoms with Crippen LogP contribution in [0.2, 0.25) is 0 Å². The number of aromatic nitrogens is 5. The van der Waals surface area contributed by atoms with E-state index in [0.717, 1.165) is 41.6 Å². The average molecular weight is 586 g/mol. The number of anilines is 2. The molecule has 1 saturated carbocycles. The van der Waals surface area contributed by atoms with Crippen LogP contribution in [0.5, 0.6) is 0 Å². The molecule has 0 radical (unpaired) electrons. The molecule has 14 heteroatoms. The Kier molecular flexibility index (Phi) is 9.42. The second-order valence-corrected chi connectivity index (χ2v) is 10.8. The number of alkyl carbamates (subject to hydrolysis) is 1. The molecule has 2 aliphatic rings. The molecule has 14 nitrogen and oxygen atoms in total. The fourth-order valence-corrected chi connectivity index (χ4v) is 5.39. The molecule has 2 fully saturated rings. The number of carbonyl (C=O) groups excluding carboxylic acids is 2. The van der Waals surface area contributed by atoms with Gasteiger partial charge in [0, 0.05) is 49.0 Å². The van der Waals surface area contributed by atoms with Gasteiger partial charge in [-0.2, -0.15) is 10.2 Å². The Morgan fingerprint density at radius 1 is 1.17 bits per heavy atom. The van der Waals surface area contributed by atoms with Gasteiger partial charge in [0.05, 0.1) is 31.6 Å². The van der Waals surface area contributed by atoms with Crippen molar-refractivity contribution in [3.8, 4) is 0 Å². The van der Waals surface area contributed by atoms with Gasteiger partial charge in [-0.3, -0.25) is 4.68 Å². The number of hydrogen-bond donors (Lipinski definition) is 2. The predicted octanol–water partition coefficient (Wildman–Crippen LogP) is 4.12. The minimum atomic E-state index is -0.772. The van der Waals surface area contributed by atoms with E-state index >= 15 is 0 Å². The van der Waals surface area contributed by atoms with Gasteiger partial charge in [0.25, 0.3) is 0 Å². The number of fused-ring (bicyclic) bond motifs is 1. The SMILES string of the molecule is CCOC(=O)OCn1nc(Nc2nccc3c(COC4CCOC4)nn(C)c23)cc1[C@H]1CC[C@@H](OC(=O)NC(C)C)C1. The number of amides is 1. The van der Waals surface area contributed by atoms with E-state index in [2.05, 4.69) is 25.8 Å². The predicted molar refractivity (Wildman–Crippen MR) is 151 cm³/mol. The van der Waals surface area contributed by atoms with Crippen LogP contribution in [0.15, 0.2) is 18.3 Å². The minimum absolute atomic E-state index is 0.00668. The van der Waals surface area contributed by atoms with Crippen molar-refractivity contribution in [2.24, 2.45) is 7.05 Å². The number of aryl methyl sites for hydroxylation is 1. The Hall–Kier alpha value is -3.91. The second kappa shape index (κ2) is 13.4. The molecule has 0 spiro atoms. The largest absolute Gasteiger partial charge is 0.510 e. The molecule has 3 aromatic heterocycles. The van der Waals surface area contributed by atoms with Gasteiger partial charge in [0.2, 0.25) is 0 Å². The van der Waals surface area contributed by atoms with Crippen molar-refractivity contribution < 1.29 is 33.3 Å². The number of hydrogen-bond acceptors (Lipinski definition) is 11. The third kappa shape index (κ3) is 7.10. The summed E-state index contributed by atoms with van der Waals surface area (Å²) in [7, 11) is 1.86. The van der Waals surface area contributed by atoms with Crippen LogP contribution in [0.25, 0.3) is 10.9 Å². The maximum atomic E-state index is 12.2. The normalized spacial score (nSPS) is 20.3. The number of ether oxygens (including phenoxy) is 5. The summed E-state index contributed by atoms with van der Waals surface area (Å²) < 4.78 is 30.7. The number of nitrogens with one attached hydrogen (secondary N) is 2. The van der Waals surface area contributed by atoms with Crippen molar-refractivity contribution in [3.63, 3.8) is 0 Å². The monoisotopic (exact) mass is 585 g/mol. The van der Waals surface area contributed by atoms with Crippen molar-refractivity contribution in [2.75, 3.05) is 25.1 Å². The molecule has 228 valence electrons. The molecule has 4 heterocycles. The number of rotatable bonds is 11. The van der Waals surface area contributed by atoms with Gasteiger partial charge >= 0.3 is 12.2 Å². The van der Waals surface area contributed by atoms with Crippen molar-refractivity contribution in [1.29, 1.82) is 0 Å². The lowest BCUT2D eigenvalue weighted by atomic mass is 10.0. The molecule has 1 amide bonds. The van der Waals surface area contributed by atoms with Gasteiger partial charge in [-0.15, -0.1) is 0 Å². The molecule has 3 aromatic rings. The van der Waals surface area contributed by atoms with Crippen LogP contribution in [-0.2, 0) is 44.1 Å². The number of pyridine rings is 1. The quantitative estimate of drug-likeness (QED) is 0.313. The average Bonchev–Trinajstić information content (AvgIpc) is 3.74. The Morgan fingerprint density at radius 3 is 2.79 bits per heavy atom. The summed E-state index contributed by atoms with van der Waals surface area (Å²) in [5, 5.41) is 16.4. The lowest BCUT2D eigenvalue weighted by molar-refractivity contribution is 0.0304. The zero-order valence-electron chi connectivity index (χ0n) is 24.5. The second-order valence-electron chi connectivity index (χ2n) is 10.8. The highest BCUT2D eigenvalue weighted by Crippen LogP contribution is 2.38. The highest BCUT2D eigenvalue weighted by Gasteiger charge is 2.32. The molecule has 1 saturated heterocycles. The molecular weight excluding hydrogens is 546 g/mol. The maximum absolute atomic E-state index is 12.2. The molecule has 2 N–H and O–H groups in total. The van der Waals surface area contributed by atoms with E-state index in [4.69, 9.17) is 23.7 Å². The van der Waals surface area contributed by atoms with Crippen LogP contribution in [0.3, 0.4) is 0 Å². The van der Waals surface area contributed by atoms with Crippen LogP contribution < -0.4 is 10.6 Å². The number of nitrogens with zero attached hydrogens (tertiary/aromatic N) is 5. The summed E-state index contributed by atoms with van der Waals surface area (Å²) in [4.78, 5) is 28.6. The summed E-state index contributed by atoms with van der Waals surface area (Å²) >= 11 is 0. The first-order valence-corrected chi connectivity index (χ1v) is 14.4. The summed E-state index contributed by atoms with van der Waals surface area (Å²) in [6.07, 6.45) is 3.39. The molecule has 0 bridgehead atoms. The summed E-state index contributed by atoms with van der Waals surface area (Å²) in [5.41, 5.74) is 2.47. The van der Waals surface area contributed by atoms with Crippen LogP contribution in [0.1, 0.15) is 63.8 Å². The Morgan fingerprint density at radius 2 is 2.02 bits per heavy atom. The standard InChI is InChI=1S/C28H39N7O7/c1-5-39-28(37)41-16-35-23(18-6-7-19(12-18)42-27(36)30-17(2)3)13-24(33-35)31-26-25-21(8-10-29-26)22(32-34(25)4)15-40-20-9-11-38-14-20/h8,10,13,17-20H,5-7,9,11-12,14-16H2,1-4H3,(H,30,36)(H,29,31,33)/t18-,19+,20?/m0/s1. The van der Waals surface area contributed by atoms with Gasteiger partial charge in [0.1, 0.15) is 11.6 Å². The van der Waals surface area contributed by atoms with Crippen molar-refractivity contribution in [1.82, 2.24) is 29.9 Å². The third-order valence-electron chi connectivity index (χ3n) is 7.28. The first-order chi connectivity index (χ1) is 20.3. The fourth-order valence-electron chi connectivity index (χ4n) is 5.39. The molecule has 42 heavy (non-hydrogen) atoms. The number of carbonyl (C=O) groups is 2. The van der Waals surface area contributed by atoms with E-state index < -0.39 is 12.2 Å². The minimum Gasteiger partial charge on any atom is -0.446 e. The first-order valence-electron chi connectivity index (χ1n) is 14.4. The highest BCUT2D eigenvalue weighted by atomic mass is 16.7.